The molecule has 8 nitrogen and oxygen atoms in total. The number of ether oxygens (including phenoxy) is 1. The van der Waals surface area contributed by atoms with Gasteiger partial charge in [-0.2, -0.15) is 4.68 Å². The predicted octanol–water partition coefficient (Wildman–Crippen LogP) is 2.37. The number of carbonyl (C=O) groups is 1. The summed E-state index contributed by atoms with van der Waals surface area (Å²) in [7, 11) is 0. The van der Waals surface area contributed by atoms with Crippen LogP contribution in [-0.2, 0) is 22.7 Å². The molecule has 4 rings (SSSR count). The molecule has 2 aromatic heterocycles. The molecule has 0 unspecified atom stereocenters. The van der Waals surface area contributed by atoms with Gasteiger partial charge in [-0.25, -0.2) is 4.98 Å². The Labute approximate surface area is 164 Å². The molecular formula is C19H14ClN5O3. The van der Waals surface area contributed by atoms with Crippen molar-refractivity contribution >= 4 is 28.7 Å². The van der Waals surface area contributed by atoms with Gasteiger partial charge in [0.2, 0.25) is 0 Å². The predicted molar refractivity (Wildman–Crippen MR) is 102 cm³/mol. The van der Waals surface area contributed by atoms with E-state index in [0.717, 1.165) is 10.1 Å². The molecule has 0 aliphatic heterocycles. The largest absolute Gasteiger partial charge is 0.459 e. The van der Waals surface area contributed by atoms with E-state index in [-0.39, 0.29) is 24.3 Å². The first-order valence-electron chi connectivity index (χ1n) is 8.38. The van der Waals surface area contributed by atoms with Crippen molar-refractivity contribution < 1.29 is 9.53 Å². The van der Waals surface area contributed by atoms with E-state index in [1.807, 2.05) is 30.3 Å². The summed E-state index contributed by atoms with van der Waals surface area (Å²) in [5.41, 5.74) is 1.35. The van der Waals surface area contributed by atoms with E-state index in [9.17, 15) is 9.59 Å². The maximum atomic E-state index is 12.6. The van der Waals surface area contributed by atoms with Crippen LogP contribution < -0.4 is 5.56 Å². The van der Waals surface area contributed by atoms with Gasteiger partial charge in [-0.3, -0.25) is 14.2 Å². The number of fused-ring (bicyclic) bond motifs is 1. The third-order valence-electron chi connectivity index (χ3n) is 4.02. The highest BCUT2D eigenvalue weighted by atomic mass is 35.5. The number of esters is 1. The standard InChI is InChI=1S/C19H14ClN5O3/c20-14-7-4-8-15(9-14)25-18-17(22-23-25)19(27)24(12-21-18)10-16(26)28-11-13-5-2-1-3-6-13/h1-9,12H,10-11H2. The van der Waals surface area contributed by atoms with Gasteiger partial charge < -0.3 is 4.74 Å². The van der Waals surface area contributed by atoms with Gasteiger partial charge in [-0.15, -0.1) is 5.10 Å². The van der Waals surface area contributed by atoms with Gasteiger partial charge in [0.25, 0.3) is 5.56 Å². The molecule has 2 aromatic carbocycles. The highest BCUT2D eigenvalue weighted by molar-refractivity contribution is 6.30. The van der Waals surface area contributed by atoms with Crippen LogP contribution in [0, 0.1) is 0 Å². The molecule has 0 atom stereocenters. The Balaban J connectivity index is 1.55. The molecule has 0 radical (unpaired) electrons. The molecule has 140 valence electrons. The van der Waals surface area contributed by atoms with Crippen molar-refractivity contribution in [2.24, 2.45) is 0 Å². The minimum Gasteiger partial charge on any atom is -0.459 e. The molecule has 0 bridgehead atoms. The monoisotopic (exact) mass is 395 g/mol. The Kier molecular flexibility index (Phi) is 4.86. The smallest absolute Gasteiger partial charge is 0.326 e. The van der Waals surface area contributed by atoms with Crippen LogP contribution in [0.2, 0.25) is 5.02 Å². The quantitative estimate of drug-likeness (QED) is 0.482. The van der Waals surface area contributed by atoms with Crippen LogP contribution in [0.3, 0.4) is 0 Å². The molecule has 4 aromatic rings. The van der Waals surface area contributed by atoms with E-state index in [2.05, 4.69) is 15.3 Å². The van der Waals surface area contributed by atoms with Gasteiger partial charge in [0.1, 0.15) is 19.5 Å². The lowest BCUT2D eigenvalue weighted by molar-refractivity contribution is -0.145. The SMILES string of the molecule is O=C(Cn1cnc2c(nnn2-c2cccc(Cl)c2)c1=O)OCc1ccccc1. The zero-order valence-electron chi connectivity index (χ0n) is 14.5. The fourth-order valence-electron chi connectivity index (χ4n) is 2.66. The Bertz CT molecular complexity index is 1200. The van der Waals surface area contributed by atoms with E-state index >= 15 is 0 Å². The zero-order chi connectivity index (χ0) is 19.5. The molecule has 0 amide bonds. The topological polar surface area (TPSA) is 91.9 Å². The van der Waals surface area contributed by atoms with E-state index < -0.39 is 11.5 Å². The van der Waals surface area contributed by atoms with Gasteiger partial charge in [0, 0.05) is 5.02 Å². The van der Waals surface area contributed by atoms with Crippen molar-refractivity contribution in [3.8, 4) is 5.69 Å². The molecule has 28 heavy (non-hydrogen) atoms. The van der Waals surface area contributed by atoms with Gasteiger partial charge in [0.15, 0.2) is 11.2 Å². The summed E-state index contributed by atoms with van der Waals surface area (Å²) in [5.74, 6) is -0.547. The highest BCUT2D eigenvalue weighted by Crippen LogP contribution is 2.16. The molecule has 0 aliphatic carbocycles. The van der Waals surface area contributed by atoms with Crippen molar-refractivity contribution in [1.29, 1.82) is 0 Å². The third kappa shape index (κ3) is 3.63. The van der Waals surface area contributed by atoms with Crippen LogP contribution in [0.4, 0.5) is 0 Å². The van der Waals surface area contributed by atoms with Crippen molar-refractivity contribution in [2.45, 2.75) is 13.2 Å². The van der Waals surface area contributed by atoms with Crippen LogP contribution in [0.1, 0.15) is 5.56 Å². The van der Waals surface area contributed by atoms with Gasteiger partial charge in [-0.05, 0) is 23.8 Å². The number of aromatic nitrogens is 5. The number of hydrogen-bond acceptors (Lipinski definition) is 6. The van der Waals surface area contributed by atoms with E-state index in [1.54, 1.807) is 24.3 Å². The third-order valence-corrected chi connectivity index (χ3v) is 4.26. The average molecular weight is 396 g/mol. The van der Waals surface area contributed by atoms with Crippen molar-refractivity contribution in [1.82, 2.24) is 24.5 Å². The Morgan fingerprint density at radius 3 is 2.71 bits per heavy atom. The number of rotatable bonds is 5. The normalized spacial score (nSPS) is 10.9. The lowest BCUT2D eigenvalue weighted by atomic mass is 10.2. The number of benzene rings is 2. The molecular weight excluding hydrogens is 382 g/mol. The molecule has 0 saturated carbocycles. The van der Waals surface area contributed by atoms with Crippen molar-refractivity contribution in [2.75, 3.05) is 0 Å². The molecule has 9 heteroatoms. The number of hydrogen-bond donors (Lipinski definition) is 0. The van der Waals surface area contributed by atoms with Gasteiger partial charge in [0.05, 0.1) is 5.69 Å². The second kappa shape index (κ2) is 7.61. The van der Waals surface area contributed by atoms with Crippen LogP contribution >= 0.6 is 11.6 Å². The summed E-state index contributed by atoms with van der Waals surface area (Å²) in [4.78, 5) is 28.9. The first kappa shape index (κ1) is 17.9. The van der Waals surface area contributed by atoms with E-state index in [0.29, 0.717) is 10.7 Å². The lowest BCUT2D eigenvalue weighted by Gasteiger charge is -2.07. The van der Waals surface area contributed by atoms with Gasteiger partial charge in [-0.1, -0.05) is 53.2 Å². The first-order valence-corrected chi connectivity index (χ1v) is 8.76. The van der Waals surface area contributed by atoms with Crippen LogP contribution in [0.5, 0.6) is 0 Å². The van der Waals surface area contributed by atoms with Crippen LogP contribution in [-0.4, -0.2) is 30.5 Å². The molecule has 0 saturated heterocycles. The Morgan fingerprint density at radius 1 is 1.11 bits per heavy atom. The second-order valence-corrected chi connectivity index (χ2v) is 6.41. The van der Waals surface area contributed by atoms with Crippen LogP contribution in [0.25, 0.3) is 16.9 Å². The minimum absolute atomic E-state index is 0.0540. The van der Waals surface area contributed by atoms with Crippen molar-refractivity contribution in [3.05, 3.63) is 81.9 Å². The Morgan fingerprint density at radius 2 is 1.93 bits per heavy atom. The molecule has 0 spiro atoms. The summed E-state index contributed by atoms with van der Waals surface area (Å²) in [6.45, 7) is -0.131. The number of carbonyl (C=O) groups excluding carboxylic acids is 1. The minimum atomic E-state index is -0.547. The summed E-state index contributed by atoms with van der Waals surface area (Å²) >= 11 is 6.00. The summed E-state index contributed by atoms with van der Waals surface area (Å²) in [6, 6.07) is 16.2. The summed E-state index contributed by atoms with van der Waals surface area (Å²) in [5, 5.41) is 8.41. The first-order chi connectivity index (χ1) is 13.6. The second-order valence-electron chi connectivity index (χ2n) is 5.98. The fraction of sp³-hybridized carbons (Fsp3) is 0.105. The maximum Gasteiger partial charge on any atom is 0.326 e. The number of nitrogens with zero attached hydrogens (tertiary/aromatic N) is 5. The fourth-order valence-corrected chi connectivity index (χ4v) is 2.85. The molecule has 0 aliphatic rings. The highest BCUT2D eigenvalue weighted by Gasteiger charge is 2.15. The van der Waals surface area contributed by atoms with E-state index in [4.69, 9.17) is 16.3 Å². The average Bonchev–Trinajstić information content (AvgIpc) is 3.14. The lowest BCUT2D eigenvalue weighted by Crippen LogP contribution is -2.26. The zero-order valence-corrected chi connectivity index (χ0v) is 15.3. The van der Waals surface area contributed by atoms with Crippen molar-refractivity contribution in [3.63, 3.8) is 0 Å². The molecule has 0 N–H and O–H groups in total. The maximum absolute atomic E-state index is 12.6. The number of halogens is 1. The molecule has 0 fully saturated rings. The molecule has 2 heterocycles. The Hall–Kier alpha value is -3.52. The van der Waals surface area contributed by atoms with Crippen LogP contribution in [0.15, 0.2) is 65.7 Å². The van der Waals surface area contributed by atoms with E-state index in [1.165, 1.54) is 11.0 Å². The summed E-state index contributed by atoms with van der Waals surface area (Å²) < 4.78 is 7.77. The summed E-state index contributed by atoms with van der Waals surface area (Å²) in [6.07, 6.45) is 1.28. The van der Waals surface area contributed by atoms with Gasteiger partial charge >= 0.3 is 5.97 Å².